The van der Waals surface area contributed by atoms with Crippen LogP contribution in [0, 0.1) is 0 Å². The summed E-state index contributed by atoms with van der Waals surface area (Å²) in [4.78, 5) is 10.2. The number of fused-ring (bicyclic) bond motifs is 1. The van der Waals surface area contributed by atoms with Crippen LogP contribution in [0.25, 0.3) is 11.0 Å². The highest BCUT2D eigenvalue weighted by Gasteiger charge is 2.15. The standard InChI is InChI=1S/C12H17N3/c1-4-11(15(2)3)12-13-9-7-5-6-8-10(9)14-12/h5-8,11H,4H2,1-3H3,(H,13,14). The van der Waals surface area contributed by atoms with Crippen LogP contribution >= 0.6 is 0 Å². The average molecular weight is 203 g/mol. The molecule has 15 heavy (non-hydrogen) atoms. The molecule has 0 radical (unpaired) electrons. The second-order valence-corrected chi connectivity index (χ2v) is 4.03. The lowest BCUT2D eigenvalue weighted by Crippen LogP contribution is -2.20. The Morgan fingerprint density at radius 2 is 2.07 bits per heavy atom. The van der Waals surface area contributed by atoms with Gasteiger partial charge in [0.1, 0.15) is 5.82 Å². The molecular formula is C12H17N3. The molecule has 1 heterocycles. The molecule has 1 aromatic carbocycles. The summed E-state index contributed by atoms with van der Waals surface area (Å²) in [6, 6.07) is 8.52. The maximum Gasteiger partial charge on any atom is 0.124 e. The lowest BCUT2D eigenvalue weighted by Gasteiger charge is -2.20. The number of aromatic amines is 1. The highest BCUT2D eigenvalue weighted by molar-refractivity contribution is 5.74. The molecule has 0 saturated heterocycles. The highest BCUT2D eigenvalue weighted by atomic mass is 15.1. The van der Waals surface area contributed by atoms with Crippen molar-refractivity contribution in [2.45, 2.75) is 19.4 Å². The molecule has 1 atom stereocenters. The maximum absolute atomic E-state index is 4.61. The van der Waals surface area contributed by atoms with Gasteiger partial charge in [0.15, 0.2) is 0 Å². The molecule has 0 amide bonds. The van der Waals surface area contributed by atoms with Gasteiger partial charge in [-0.2, -0.15) is 0 Å². The van der Waals surface area contributed by atoms with E-state index in [1.165, 1.54) is 0 Å². The smallest absolute Gasteiger partial charge is 0.124 e. The van der Waals surface area contributed by atoms with Gasteiger partial charge >= 0.3 is 0 Å². The van der Waals surface area contributed by atoms with Gasteiger partial charge in [0.25, 0.3) is 0 Å². The maximum atomic E-state index is 4.61. The van der Waals surface area contributed by atoms with Crippen molar-refractivity contribution in [1.29, 1.82) is 0 Å². The Balaban J connectivity index is 2.43. The Bertz CT molecular complexity index is 412. The first-order valence-corrected chi connectivity index (χ1v) is 5.33. The number of para-hydroxylation sites is 2. The number of nitrogens with zero attached hydrogens (tertiary/aromatic N) is 2. The number of hydrogen-bond acceptors (Lipinski definition) is 2. The summed E-state index contributed by atoms with van der Waals surface area (Å²) < 4.78 is 0. The minimum absolute atomic E-state index is 0.373. The Labute approximate surface area is 90.1 Å². The fourth-order valence-electron chi connectivity index (χ4n) is 1.93. The van der Waals surface area contributed by atoms with Gasteiger partial charge in [0.2, 0.25) is 0 Å². The second-order valence-electron chi connectivity index (χ2n) is 4.03. The van der Waals surface area contributed by atoms with Gasteiger partial charge in [-0.3, -0.25) is 4.90 Å². The molecule has 1 N–H and O–H groups in total. The van der Waals surface area contributed by atoms with E-state index in [1.54, 1.807) is 0 Å². The topological polar surface area (TPSA) is 31.9 Å². The van der Waals surface area contributed by atoms with Crippen LogP contribution in [0.3, 0.4) is 0 Å². The van der Waals surface area contributed by atoms with Crippen molar-refractivity contribution < 1.29 is 0 Å². The first kappa shape index (κ1) is 10.2. The lowest BCUT2D eigenvalue weighted by atomic mass is 10.2. The molecule has 1 unspecified atom stereocenters. The highest BCUT2D eigenvalue weighted by Crippen LogP contribution is 2.21. The van der Waals surface area contributed by atoms with Gasteiger partial charge in [0.05, 0.1) is 17.1 Å². The van der Waals surface area contributed by atoms with Crippen molar-refractivity contribution in [3.05, 3.63) is 30.1 Å². The zero-order chi connectivity index (χ0) is 10.8. The summed E-state index contributed by atoms with van der Waals surface area (Å²) >= 11 is 0. The molecule has 0 spiro atoms. The van der Waals surface area contributed by atoms with Crippen LogP contribution in [0.5, 0.6) is 0 Å². The van der Waals surface area contributed by atoms with Crippen LogP contribution in [0.2, 0.25) is 0 Å². The number of aromatic nitrogens is 2. The largest absolute Gasteiger partial charge is 0.341 e. The van der Waals surface area contributed by atoms with Crippen molar-refractivity contribution in [3.63, 3.8) is 0 Å². The number of benzene rings is 1. The average Bonchev–Trinajstić information content (AvgIpc) is 2.61. The van der Waals surface area contributed by atoms with Gasteiger partial charge in [-0.25, -0.2) is 4.98 Å². The third-order valence-electron chi connectivity index (χ3n) is 2.73. The molecule has 3 nitrogen and oxygen atoms in total. The molecule has 0 aliphatic heterocycles. The first-order chi connectivity index (χ1) is 7.22. The Morgan fingerprint density at radius 3 is 2.67 bits per heavy atom. The van der Waals surface area contributed by atoms with E-state index in [0.29, 0.717) is 6.04 Å². The number of rotatable bonds is 3. The van der Waals surface area contributed by atoms with Gasteiger partial charge < -0.3 is 4.98 Å². The third kappa shape index (κ3) is 1.88. The Kier molecular flexibility index (Phi) is 2.73. The fourth-order valence-corrected chi connectivity index (χ4v) is 1.93. The van der Waals surface area contributed by atoms with E-state index in [0.717, 1.165) is 23.3 Å². The number of H-pyrrole nitrogens is 1. The van der Waals surface area contributed by atoms with Crippen LogP contribution in [0.1, 0.15) is 25.2 Å². The van der Waals surface area contributed by atoms with E-state index < -0.39 is 0 Å². The molecule has 0 aliphatic rings. The summed E-state index contributed by atoms with van der Waals surface area (Å²) in [5, 5.41) is 0. The predicted octanol–water partition coefficient (Wildman–Crippen LogP) is 2.58. The van der Waals surface area contributed by atoms with Crippen molar-refractivity contribution in [2.24, 2.45) is 0 Å². The van der Waals surface area contributed by atoms with Crippen LogP contribution in [-0.2, 0) is 0 Å². The fraction of sp³-hybridized carbons (Fsp3) is 0.417. The number of hydrogen-bond donors (Lipinski definition) is 1. The number of imidazole rings is 1. The molecule has 0 aliphatic carbocycles. The molecule has 0 saturated carbocycles. The summed E-state index contributed by atoms with van der Waals surface area (Å²) in [6.45, 7) is 2.18. The van der Waals surface area contributed by atoms with Crippen LogP contribution in [0.15, 0.2) is 24.3 Å². The normalized spacial score (nSPS) is 13.6. The molecule has 2 rings (SSSR count). The van der Waals surface area contributed by atoms with E-state index in [1.807, 2.05) is 18.2 Å². The summed E-state index contributed by atoms with van der Waals surface area (Å²) in [6.07, 6.45) is 1.06. The van der Waals surface area contributed by atoms with Gasteiger partial charge in [-0.15, -0.1) is 0 Å². The lowest BCUT2D eigenvalue weighted by molar-refractivity contribution is 0.282. The van der Waals surface area contributed by atoms with E-state index in [2.05, 4.69) is 42.0 Å². The number of nitrogens with one attached hydrogen (secondary N) is 1. The van der Waals surface area contributed by atoms with Gasteiger partial charge in [-0.1, -0.05) is 19.1 Å². The van der Waals surface area contributed by atoms with Crippen molar-refractivity contribution in [2.75, 3.05) is 14.1 Å². The Morgan fingerprint density at radius 1 is 1.33 bits per heavy atom. The molecule has 80 valence electrons. The van der Waals surface area contributed by atoms with E-state index in [4.69, 9.17) is 0 Å². The van der Waals surface area contributed by atoms with Crippen LogP contribution in [-0.4, -0.2) is 29.0 Å². The predicted molar refractivity (Wildman–Crippen MR) is 62.8 cm³/mol. The minimum atomic E-state index is 0.373. The first-order valence-electron chi connectivity index (χ1n) is 5.33. The third-order valence-corrected chi connectivity index (χ3v) is 2.73. The second kappa shape index (κ2) is 4.03. The van der Waals surface area contributed by atoms with Crippen LogP contribution < -0.4 is 0 Å². The summed E-state index contributed by atoms with van der Waals surface area (Å²) in [7, 11) is 4.17. The molecule has 2 aromatic rings. The van der Waals surface area contributed by atoms with E-state index in [9.17, 15) is 0 Å². The van der Waals surface area contributed by atoms with Crippen molar-refractivity contribution in [3.8, 4) is 0 Å². The zero-order valence-electron chi connectivity index (χ0n) is 9.49. The molecule has 1 aromatic heterocycles. The minimum Gasteiger partial charge on any atom is -0.341 e. The summed E-state index contributed by atoms with van der Waals surface area (Å²) in [5.41, 5.74) is 2.17. The summed E-state index contributed by atoms with van der Waals surface area (Å²) in [5.74, 6) is 1.06. The Hall–Kier alpha value is -1.35. The molecule has 0 fully saturated rings. The van der Waals surface area contributed by atoms with Gasteiger partial charge in [0, 0.05) is 0 Å². The SMILES string of the molecule is CCC(c1nc2ccccc2[nH]1)N(C)C. The van der Waals surface area contributed by atoms with Crippen molar-refractivity contribution >= 4 is 11.0 Å². The molecule has 3 heteroatoms. The zero-order valence-corrected chi connectivity index (χ0v) is 9.49. The van der Waals surface area contributed by atoms with E-state index in [-0.39, 0.29) is 0 Å². The van der Waals surface area contributed by atoms with Crippen LogP contribution in [0.4, 0.5) is 0 Å². The van der Waals surface area contributed by atoms with Gasteiger partial charge in [-0.05, 0) is 32.6 Å². The quantitative estimate of drug-likeness (QED) is 0.831. The van der Waals surface area contributed by atoms with Crippen molar-refractivity contribution in [1.82, 2.24) is 14.9 Å². The molecular weight excluding hydrogens is 186 g/mol. The monoisotopic (exact) mass is 203 g/mol. The van der Waals surface area contributed by atoms with E-state index >= 15 is 0 Å². The molecule has 0 bridgehead atoms.